The highest BCUT2D eigenvalue weighted by Crippen LogP contribution is 2.28. The summed E-state index contributed by atoms with van der Waals surface area (Å²) in [5, 5.41) is 2.98. The second-order valence-corrected chi connectivity index (χ2v) is 10.4. The number of morpholine rings is 1. The normalized spacial score (nSPS) is 20.9. The highest BCUT2D eigenvalue weighted by atomic mass is 35.5. The van der Waals surface area contributed by atoms with Crippen molar-refractivity contribution in [2.75, 3.05) is 19.6 Å². The second-order valence-electron chi connectivity index (χ2n) is 8.08. The van der Waals surface area contributed by atoms with Crippen molar-refractivity contribution in [3.63, 3.8) is 0 Å². The van der Waals surface area contributed by atoms with Crippen molar-refractivity contribution >= 4 is 27.5 Å². The van der Waals surface area contributed by atoms with Gasteiger partial charge in [0.05, 0.1) is 17.2 Å². The van der Waals surface area contributed by atoms with Gasteiger partial charge in [0.25, 0.3) is 5.91 Å². The van der Waals surface area contributed by atoms with Crippen LogP contribution in [0.25, 0.3) is 0 Å². The standard InChI is InChI=1S/C23H29ClN2O4S/c1-16(19-7-5-4-6-8-19)11-12-25-23(27)20-9-10-21(24)22(13-20)31(28,29)26-14-17(2)30-18(3)15-26/h4-10,13,16-18H,11-12,14-15H2,1-3H3,(H,25,27). The molecule has 0 bridgehead atoms. The molecular formula is C23H29ClN2O4S. The number of sulfonamides is 1. The topological polar surface area (TPSA) is 75.7 Å². The number of halogens is 1. The van der Waals surface area contributed by atoms with Crippen LogP contribution in [0.1, 0.15) is 49.0 Å². The van der Waals surface area contributed by atoms with Gasteiger partial charge in [0.15, 0.2) is 0 Å². The molecule has 0 spiro atoms. The van der Waals surface area contributed by atoms with E-state index in [1.807, 2.05) is 32.0 Å². The zero-order valence-corrected chi connectivity index (χ0v) is 19.6. The van der Waals surface area contributed by atoms with Crippen molar-refractivity contribution in [2.45, 2.75) is 50.2 Å². The Morgan fingerprint density at radius 1 is 1.16 bits per heavy atom. The molecule has 1 amide bonds. The van der Waals surface area contributed by atoms with E-state index in [9.17, 15) is 13.2 Å². The van der Waals surface area contributed by atoms with E-state index in [1.54, 1.807) is 6.07 Å². The summed E-state index contributed by atoms with van der Waals surface area (Å²) in [6.07, 6.45) is 0.351. The lowest BCUT2D eigenvalue weighted by Crippen LogP contribution is -2.48. The first kappa shape index (κ1) is 23.7. The summed E-state index contributed by atoms with van der Waals surface area (Å²) in [6.45, 7) is 6.75. The summed E-state index contributed by atoms with van der Waals surface area (Å²) >= 11 is 6.22. The van der Waals surface area contributed by atoms with Crippen LogP contribution in [0.3, 0.4) is 0 Å². The van der Waals surface area contributed by atoms with Crippen LogP contribution in [-0.4, -0.2) is 50.5 Å². The van der Waals surface area contributed by atoms with Crippen molar-refractivity contribution in [1.29, 1.82) is 0 Å². The molecule has 6 nitrogen and oxygen atoms in total. The lowest BCUT2D eigenvalue weighted by molar-refractivity contribution is -0.0440. The Morgan fingerprint density at radius 2 is 1.81 bits per heavy atom. The maximum Gasteiger partial charge on any atom is 0.251 e. The monoisotopic (exact) mass is 464 g/mol. The number of carbonyl (C=O) groups excluding carboxylic acids is 1. The van der Waals surface area contributed by atoms with E-state index in [0.717, 1.165) is 6.42 Å². The van der Waals surface area contributed by atoms with Gasteiger partial charge in [-0.15, -0.1) is 0 Å². The molecule has 3 rings (SSSR count). The zero-order valence-electron chi connectivity index (χ0n) is 18.0. The average molecular weight is 465 g/mol. The van der Waals surface area contributed by atoms with Gasteiger partial charge in [0.2, 0.25) is 10.0 Å². The lowest BCUT2D eigenvalue weighted by Gasteiger charge is -2.34. The molecule has 2 aromatic rings. The van der Waals surface area contributed by atoms with Crippen LogP contribution in [0.15, 0.2) is 53.4 Å². The minimum absolute atomic E-state index is 0.0548. The van der Waals surface area contributed by atoms with Crippen LogP contribution in [0, 0.1) is 0 Å². The number of nitrogens with one attached hydrogen (secondary N) is 1. The third-order valence-electron chi connectivity index (χ3n) is 5.43. The molecule has 0 aliphatic carbocycles. The number of ether oxygens (including phenoxy) is 1. The first-order chi connectivity index (χ1) is 14.7. The molecule has 0 saturated carbocycles. The predicted molar refractivity (Wildman–Crippen MR) is 122 cm³/mol. The molecule has 1 aliphatic heterocycles. The van der Waals surface area contributed by atoms with Gasteiger partial charge in [0, 0.05) is 25.2 Å². The summed E-state index contributed by atoms with van der Waals surface area (Å²) in [7, 11) is -3.84. The zero-order chi connectivity index (χ0) is 22.6. The second kappa shape index (κ2) is 10.1. The van der Waals surface area contributed by atoms with Crippen LogP contribution >= 0.6 is 11.6 Å². The summed E-state index contributed by atoms with van der Waals surface area (Å²) in [6, 6.07) is 14.5. The van der Waals surface area contributed by atoms with Crippen molar-refractivity contribution < 1.29 is 17.9 Å². The minimum atomic E-state index is -3.84. The molecule has 3 atom stereocenters. The molecule has 2 aromatic carbocycles. The van der Waals surface area contributed by atoms with Gasteiger partial charge < -0.3 is 10.1 Å². The van der Waals surface area contributed by atoms with E-state index in [4.69, 9.17) is 16.3 Å². The molecule has 0 radical (unpaired) electrons. The SMILES string of the molecule is CC1CN(S(=O)(=O)c2cc(C(=O)NCCC(C)c3ccccc3)ccc2Cl)CC(C)O1. The fraction of sp³-hybridized carbons (Fsp3) is 0.435. The minimum Gasteiger partial charge on any atom is -0.373 e. The molecule has 168 valence electrons. The van der Waals surface area contributed by atoms with Gasteiger partial charge in [-0.1, -0.05) is 48.9 Å². The fourth-order valence-electron chi connectivity index (χ4n) is 3.76. The fourth-order valence-corrected chi connectivity index (χ4v) is 5.85. The molecular weight excluding hydrogens is 436 g/mol. The van der Waals surface area contributed by atoms with E-state index in [1.165, 1.54) is 22.0 Å². The van der Waals surface area contributed by atoms with E-state index in [0.29, 0.717) is 12.5 Å². The Hall–Kier alpha value is -1.93. The molecule has 1 aliphatic rings. The lowest BCUT2D eigenvalue weighted by atomic mass is 9.98. The Morgan fingerprint density at radius 3 is 2.45 bits per heavy atom. The Bertz CT molecular complexity index is 1000. The number of hydrogen-bond acceptors (Lipinski definition) is 4. The van der Waals surface area contributed by atoms with Gasteiger partial charge >= 0.3 is 0 Å². The predicted octanol–water partition coefficient (Wildman–Crippen LogP) is 4.06. The highest BCUT2D eigenvalue weighted by Gasteiger charge is 2.33. The summed E-state index contributed by atoms with van der Waals surface area (Å²) in [5.74, 6) is -0.0231. The molecule has 1 saturated heterocycles. The Balaban J connectivity index is 1.69. The van der Waals surface area contributed by atoms with E-state index < -0.39 is 10.0 Å². The number of benzene rings is 2. The van der Waals surface area contributed by atoms with Gasteiger partial charge in [-0.3, -0.25) is 4.79 Å². The average Bonchev–Trinajstić information content (AvgIpc) is 2.73. The van der Waals surface area contributed by atoms with Crippen molar-refractivity contribution in [3.05, 3.63) is 64.7 Å². The number of hydrogen-bond donors (Lipinski definition) is 1. The largest absolute Gasteiger partial charge is 0.373 e. The molecule has 1 heterocycles. The highest BCUT2D eigenvalue weighted by molar-refractivity contribution is 7.89. The van der Waals surface area contributed by atoms with E-state index >= 15 is 0 Å². The van der Waals surface area contributed by atoms with Gasteiger partial charge in [-0.05, 0) is 49.9 Å². The van der Waals surface area contributed by atoms with Gasteiger partial charge in [0.1, 0.15) is 4.90 Å². The quantitative estimate of drug-likeness (QED) is 0.670. The van der Waals surface area contributed by atoms with Gasteiger partial charge in [-0.25, -0.2) is 8.42 Å². The maximum atomic E-state index is 13.2. The van der Waals surface area contributed by atoms with Crippen LogP contribution < -0.4 is 5.32 Å². The van der Waals surface area contributed by atoms with Crippen molar-refractivity contribution in [3.8, 4) is 0 Å². The van der Waals surface area contributed by atoms with Crippen LogP contribution in [0.5, 0.6) is 0 Å². The Labute approximate surface area is 189 Å². The number of nitrogens with zero attached hydrogens (tertiary/aromatic N) is 1. The molecule has 3 unspecified atom stereocenters. The third-order valence-corrected chi connectivity index (χ3v) is 7.74. The molecule has 8 heteroatoms. The number of amides is 1. The van der Waals surface area contributed by atoms with Crippen molar-refractivity contribution in [1.82, 2.24) is 9.62 Å². The summed E-state index contributed by atoms with van der Waals surface area (Å²) < 4.78 is 33.4. The van der Waals surface area contributed by atoms with Crippen LogP contribution in [0.4, 0.5) is 0 Å². The van der Waals surface area contributed by atoms with E-state index in [2.05, 4.69) is 24.4 Å². The number of rotatable bonds is 7. The molecule has 0 aromatic heterocycles. The third kappa shape index (κ3) is 5.86. The first-order valence-electron chi connectivity index (χ1n) is 10.5. The summed E-state index contributed by atoms with van der Waals surface area (Å²) in [4.78, 5) is 12.6. The molecule has 1 N–H and O–H groups in total. The smallest absolute Gasteiger partial charge is 0.251 e. The van der Waals surface area contributed by atoms with E-state index in [-0.39, 0.29) is 46.7 Å². The van der Waals surface area contributed by atoms with Crippen LogP contribution in [-0.2, 0) is 14.8 Å². The molecule has 1 fully saturated rings. The van der Waals surface area contributed by atoms with Crippen molar-refractivity contribution in [2.24, 2.45) is 0 Å². The van der Waals surface area contributed by atoms with Crippen LogP contribution in [0.2, 0.25) is 5.02 Å². The first-order valence-corrected chi connectivity index (χ1v) is 12.3. The molecule has 31 heavy (non-hydrogen) atoms. The Kier molecular flexibility index (Phi) is 7.75. The maximum absolute atomic E-state index is 13.2. The van der Waals surface area contributed by atoms with Gasteiger partial charge in [-0.2, -0.15) is 4.31 Å². The summed E-state index contributed by atoms with van der Waals surface area (Å²) in [5.41, 5.74) is 1.48. The number of carbonyl (C=O) groups is 1.